The van der Waals surface area contributed by atoms with Crippen LogP contribution < -0.4 is 15.8 Å². The van der Waals surface area contributed by atoms with Gasteiger partial charge in [-0.1, -0.05) is 12.1 Å². The third-order valence-corrected chi connectivity index (χ3v) is 3.78. The van der Waals surface area contributed by atoms with Crippen LogP contribution in [0.25, 0.3) is 11.3 Å². The number of nitrogens with one attached hydrogen (secondary N) is 2. The van der Waals surface area contributed by atoms with Crippen molar-refractivity contribution in [1.82, 2.24) is 10.2 Å². The number of aromatic amines is 1. The molecule has 4 N–H and O–H groups in total. The first-order valence-corrected chi connectivity index (χ1v) is 7.80. The predicted molar refractivity (Wildman–Crippen MR) is 93.7 cm³/mol. The van der Waals surface area contributed by atoms with Gasteiger partial charge in [-0.2, -0.15) is 18.3 Å². The lowest BCUT2D eigenvalue weighted by Gasteiger charge is -2.08. The maximum absolute atomic E-state index is 12.6. The number of amides is 1. The number of H-pyrrole nitrogens is 1. The second-order valence-electron chi connectivity index (χ2n) is 5.76. The first-order chi connectivity index (χ1) is 12.7. The average Bonchev–Trinajstić information content (AvgIpc) is 3.05. The summed E-state index contributed by atoms with van der Waals surface area (Å²) in [5.74, 6) is 0.801. The van der Waals surface area contributed by atoms with Crippen LogP contribution in [0.4, 0.5) is 29.5 Å². The predicted octanol–water partition coefficient (Wildman–Crippen LogP) is 4.61. The minimum absolute atomic E-state index is 0.318. The van der Waals surface area contributed by atoms with E-state index in [9.17, 15) is 18.0 Å². The van der Waals surface area contributed by atoms with Gasteiger partial charge in [0.25, 0.3) is 0 Å². The van der Waals surface area contributed by atoms with Crippen molar-refractivity contribution < 1.29 is 22.7 Å². The van der Waals surface area contributed by atoms with Crippen molar-refractivity contribution in [2.24, 2.45) is 5.73 Å². The van der Waals surface area contributed by atoms with Crippen LogP contribution in [0.5, 0.6) is 5.75 Å². The molecule has 3 rings (SSSR count). The van der Waals surface area contributed by atoms with Crippen molar-refractivity contribution in [3.63, 3.8) is 0 Å². The molecule has 0 unspecified atom stereocenters. The molecule has 0 aliphatic rings. The number of aromatic nitrogens is 2. The fourth-order valence-electron chi connectivity index (χ4n) is 2.47. The number of hydrogen-bond acceptors (Lipinski definition) is 4. The van der Waals surface area contributed by atoms with Crippen molar-refractivity contribution in [2.75, 3.05) is 5.32 Å². The van der Waals surface area contributed by atoms with E-state index in [4.69, 9.17) is 10.5 Å². The Morgan fingerprint density at radius 2 is 1.85 bits per heavy atom. The Kier molecular flexibility index (Phi) is 4.76. The molecular formula is C18H15F3N4O2. The van der Waals surface area contributed by atoms with Crippen LogP contribution in [-0.4, -0.2) is 16.3 Å². The first kappa shape index (κ1) is 18.3. The summed E-state index contributed by atoms with van der Waals surface area (Å²) in [6, 6.07) is 11.4. The zero-order chi connectivity index (χ0) is 19.6. The number of primary amides is 1. The van der Waals surface area contributed by atoms with E-state index in [-0.39, 0.29) is 0 Å². The number of rotatable bonds is 4. The van der Waals surface area contributed by atoms with Crippen molar-refractivity contribution >= 4 is 17.6 Å². The summed E-state index contributed by atoms with van der Waals surface area (Å²) in [5.41, 5.74) is 6.91. The lowest BCUT2D eigenvalue weighted by atomic mass is 10.1. The van der Waals surface area contributed by atoms with Crippen LogP contribution in [0.15, 0.2) is 48.5 Å². The van der Waals surface area contributed by atoms with E-state index in [1.807, 2.05) is 0 Å². The van der Waals surface area contributed by atoms with Crippen LogP contribution in [0, 0.1) is 6.92 Å². The second-order valence-corrected chi connectivity index (χ2v) is 5.76. The summed E-state index contributed by atoms with van der Waals surface area (Å²) in [6.45, 7) is 1.81. The van der Waals surface area contributed by atoms with Crippen LogP contribution in [0.1, 0.15) is 11.1 Å². The van der Waals surface area contributed by atoms with Gasteiger partial charge in [0.2, 0.25) is 0 Å². The topological polar surface area (TPSA) is 93.0 Å². The number of hydrogen-bond donors (Lipinski definition) is 3. The monoisotopic (exact) mass is 376 g/mol. The number of nitrogens with zero attached hydrogens (tertiary/aromatic N) is 1. The van der Waals surface area contributed by atoms with E-state index in [2.05, 4.69) is 15.5 Å². The normalized spacial score (nSPS) is 11.3. The molecule has 0 atom stereocenters. The summed E-state index contributed by atoms with van der Waals surface area (Å²) in [4.78, 5) is 10.8. The Bertz CT molecular complexity index is 965. The van der Waals surface area contributed by atoms with Crippen LogP contribution >= 0.6 is 0 Å². The number of benzene rings is 2. The maximum Gasteiger partial charge on any atom is 0.416 e. The Morgan fingerprint density at radius 1 is 1.15 bits per heavy atom. The lowest BCUT2D eigenvalue weighted by molar-refractivity contribution is -0.137. The molecule has 1 amide bonds. The van der Waals surface area contributed by atoms with Crippen LogP contribution in [0.3, 0.4) is 0 Å². The Hall–Kier alpha value is -3.49. The molecule has 0 spiro atoms. The number of anilines is 2. The Labute approximate surface area is 152 Å². The molecule has 1 aromatic heterocycles. The second kappa shape index (κ2) is 7.02. The molecule has 27 heavy (non-hydrogen) atoms. The largest absolute Gasteiger partial charge is 0.416 e. The zero-order valence-corrected chi connectivity index (χ0v) is 14.1. The number of aryl methyl sites for hydroxylation is 1. The number of alkyl halides is 3. The molecule has 0 aliphatic carbocycles. The maximum atomic E-state index is 12.6. The van der Waals surface area contributed by atoms with Crippen molar-refractivity contribution in [2.45, 2.75) is 13.1 Å². The van der Waals surface area contributed by atoms with E-state index < -0.39 is 17.8 Å². The van der Waals surface area contributed by atoms with Crippen molar-refractivity contribution in [1.29, 1.82) is 0 Å². The van der Waals surface area contributed by atoms with Gasteiger partial charge in [0.15, 0.2) is 5.82 Å². The summed E-state index contributed by atoms with van der Waals surface area (Å²) in [6.07, 6.45) is -5.27. The molecule has 3 aromatic rings. The SMILES string of the molecule is Cc1cc(OC(N)=O)ccc1Nc1cc(-c2ccc(C(F)(F)F)cc2)[nH]n1. The van der Waals surface area contributed by atoms with Gasteiger partial charge in [0.1, 0.15) is 5.75 Å². The molecule has 0 saturated carbocycles. The number of carbonyl (C=O) groups is 1. The van der Waals surface area contributed by atoms with Gasteiger partial charge < -0.3 is 15.8 Å². The van der Waals surface area contributed by atoms with E-state index in [0.717, 1.165) is 23.4 Å². The van der Waals surface area contributed by atoms with Gasteiger partial charge in [0.05, 0.1) is 11.3 Å². The molecule has 2 aromatic carbocycles. The summed E-state index contributed by atoms with van der Waals surface area (Å²) in [5, 5.41) is 9.97. The van der Waals surface area contributed by atoms with Crippen LogP contribution in [-0.2, 0) is 6.18 Å². The third-order valence-electron chi connectivity index (χ3n) is 3.78. The molecule has 0 fully saturated rings. The third kappa shape index (κ3) is 4.38. The molecule has 9 heteroatoms. The highest BCUT2D eigenvalue weighted by atomic mass is 19.4. The van der Waals surface area contributed by atoms with Gasteiger partial charge in [0, 0.05) is 11.8 Å². The van der Waals surface area contributed by atoms with Gasteiger partial charge in [-0.3, -0.25) is 5.10 Å². The van der Waals surface area contributed by atoms with Gasteiger partial charge >= 0.3 is 12.3 Å². The molecule has 0 radical (unpaired) electrons. The number of halogens is 3. The summed E-state index contributed by atoms with van der Waals surface area (Å²) < 4.78 is 42.7. The fourth-order valence-corrected chi connectivity index (χ4v) is 2.47. The van der Waals surface area contributed by atoms with Crippen molar-refractivity contribution in [3.05, 3.63) is 59.7 Å². The molecule has 1 heterocycles. The highest BCUT2D eigenvalue weighted by Gasteiger charge is 2.30. The summed E-state index contributed by atoms with van der Waals surface area (Å²) in [7, 11) is 0. The molecule has 140 valence electrons. The van der Waals surface area contributed by atoms with E-state index in [1.54, 1.807) is 31.2 Å². The zero-order valence-electron chi connectivity index (χ0n) is 14.1. The smallest absolute Gasteiger partial charge is 0.410 e. The van der Waals surface area contributed by atoms with E-state index >= 15 is 0 Å². The minimum atomic E-state index is -4.37. The van der Waals surface area contributed by atoms with E-state index in [0.29, 0.717) is 22.8 Å². The Morgan fingerprint density at radius 3 is 2.44 bits per heavy atom. The average molecular weight is 376 g/mol. The number of ether oxygens (including phenoxy) is 1. The fraction of sp³-hybridized carbons (Fsp3) is 0.111. The minimum Gasteiger partial charge on any atom is -0.410 e. The standard InChI is InChI=1S/C18H15F3N4O2/c1-10-8-13(27-17(22)26)6-7-14(10)23-16-9-15(24-25-16)11-2-4-12(5-3-11)18(19,20)21/h2-9H,1H3,(H2,22,26)(H2,23,24,25). The molecule has 0 saturated heterocycles. The van der Waals surface area contributed by atoms with Crippen molar-refractivity contribution in [3.8, 4) is 17.0 Å². The van der Waals surface area contributed by atoms with E-state index in [1.165, 1.54) is 12.1 Å². The van der Waals surface area contributed by atoms with Gasteiger partial charge in [-0.25, -0.2) is 4.79 Å². The van der Waals surface area contributed by atoms with Gasteiger partial charge in [-0.15, -0.1) is 0 Å². The first-order valence-electron chi connectivity index (χ1n) is 7.80. The number of carbonyl (C=O) groups excluding carboxylic acids is 1. The lowest BCUT2D eigenvalue weighted by Crippen LogP contribution is -2.16. The summed E-state index contributed by atoms with van der Waals surface area (Å²) >= 11 is 0. The molecule has 0 aliphatic heterocycles. The quantitative estimate of drug-likeness (QED) is 0.620. The number of nitrogens with two attached hydrogens (primary N) is 1. The highest BCUT2D eigenvalue weighted by Crippen LogP contribution is 2.31. The highest BCUT2D eigenvalue weighted by molar-refractivity contribution is 5.70. The molecule has 6 nitrogen and oxygen atoms in total. The molecular weight excluding hydrogens is 361 g/mol. The van der Waals surface area contributed by atoms with Gasteiger partial charge in [-0.05, 0) is 48.4 Å². The van der Waals surface area contributed by atoms with Crippen LogP contribution in [0.2, 0.25) is 0 Å². The molecule has 0 bridgehead atoms. The Balaban J connectivity index is 1.75.